The van der Waals surface area contributed by atoms with E-state index in [1.807, 2.05) is 25.1 Å². The molecule has 3 nitrogen and oxygen atoms in total. The van der Waals surface area contributed by atoms with E-state index in [1.54, 1.807) is 13.3 Å². The highest BCUT2D eigenvalue weighted by Gasteiger charge is 2.08. The zero-order valence-electron chi connectivity index (χ0n) is 9.87. The molecule has 0 N–H and O–H groups in total. The average Bonchev–Trinajstić information content (AvgIpc) is 2.79. The first-order valence-electron chi connectivity index (χ1n) is 5.40. The SMILES string of the molecule is COc1cc(-c2cnc(CCCl)o2)ccc1C. The van der Waals surface area contributed by atoms with Gasteiger partial charge in [0.15, 0.2) is 11.7 Å². The van der Waals surface area contributed by atoms with Gasteiger partial charge < -0.3 is 9.15 Å². The van der Waals surface area contributed by atoms with Crippen molar-refractivity contribution in [3.8, 4) is 17.1 Å². The molecule has 0 atom stereocenters. The highest BCUT2D eigenvalue weighted by molar-refractivity contribution is 6.17. The smallest absolute Gasteiger partial charge is 0.196 e. The van der Waals surface area contributed by atoms with Gasteiger partial charge in [-0.1, -0.05) is 12.1 Å². The molecule has 1 aromatic carbocycles. The van der Waals surface area contributed by atoms with Gasteiger partial charge in [0.05, 0.1) is 13.3 Å². The Morgan fingerprint density at radius 2 is 2.24 bits per heavy atom. The zero-order chi connectivity index (χ0) is 12.3. The molecule has 2 aromatic rings. The molecule has 0 bridgehead atoms. The lowest BCUT2D eigenvalue weighted by atomic mass is 10.1. The molecular formula is C13H14ClNO2. The Bertz CT molecular complexity index is 508. The topological polar surface area (TPSA) is 35.3 Å². The van der Waals surface area contributed by atoms with Gasteiger partial charge in [-0.2, -0.15) is 0 Å². The van der Waals surface area contributed by atoms with E-state index < -0.39 is 0 Å². The van der Waals surface area contributed by atoms with Gasteiger partial charge in [-0.25, -0.2) is 4.98 Å². The molecule has 4 heteroatoms. The van der Waals surface area contributed by atoms with Gasteiger partial charge in [0.25, 0.3) is 0 Å². The first kappa shape index (κ1) is 12.0. The van der Waals surface area contributed by atoms with Crippen LogP contribution in [0.2, 0.25) is 0 Å². The Labute approximate surface area is 105 Å². The van der Waals surface area contributed by atoms with Crippen LogP contribution in [-0.2, 0) is 6.42 Å². The quantitative estimate of drug-likeness (QED) is 0.781. The number of rotatable bonds is 4. The Kier molecular flexibility index (Phi) is 3.69. The molecule has 0 aliphatic rings. The van der Waals surface area contributed by atoms with Crippen molar-refractivity contribution in [3.63, 3.8) is 0 Å². The summed E-state index contributed by atoms with van der Waals surface area (Å²) in [5.74, 6) is 2.76. The van der Waals surface area contributed by atoms with Gasteiger partial charge in [-0.05, 0) is 18.6 Å². The fourth-order valence-electron chi connectivity index (χ4n) is 1.61. The van der Waals surface area contributed by atoms with Crippen molar-refractivity contribution in [1.29, 1.82) is 0 Å². The van der Waals surface area contributed by atoms with Gasteiger partial charge in [0.1, 0.15) is 5.75 Å². The summed E-state index contributed by atoms with van der Waals surface area (Å²) in [6.07, 6.45) is 2.36. The number of hydrogen-bond acceptors (Lipinski definition) is 3. The predicted molar refractivity (Wildman–Crippen MR) is 67.7 cm³/mol. The molecule has 0 fully saturated rings. The standard InChI is InChI=1S/C13H14ClNO2/c1-9-3-4-10(7-11(9)16-2)12-8-15-13(17-12)5-6-14/h3-4,7-8H,5-6H2,1-2H3. The van der Waals surface area contributed by atoms with E-state index in [0.29, 0.717) is 18.2 Å². The molecule has 0 radical (unpaired) electrons. The van der Waals surface area contributed by atoms with Crippen LogP contribution in [-0.4, -0.2) is 18.0 Å². The van der Waals surface area contributed by atoms with Crippen molar-refractivity contribution in [2.75, 3.05) is 13.0 Å². The predicted octanol–water partition coefficient (Wildman–Crippen LogP) is 3.44. The molecule has 17 heavy (non-hydrogen) atoms. The molecule has 0 unspecified atom stereocenters. The Hall–Kier alpha value is -1.48. The van der Waals surface area contributed by atoms with Crippen LogP contribution in [0.25, 0.3) is 11.3 Å². The number of benzene rings is 1. The van der Waals surface area contributed by atoms with Crippen LogP contribution in [0.1, 0.15) is 11.5 Å². The van der Waals surface area contributed by atoms with Crippen LogP contribution in [0, 0.1) is 6.92 Å². The number of aromatic nitrogens is 1. The maximum atomic E-state index is 5.64. The van der Waals surface area contributed by atoms with E-state index in [0.717, 1.165) is 22.6 Å². The summed E-state index contributed by atoms with van der Waals surface area (Å²) < 4.78 is 10.9. The average molecular weight is 252 g/mol. The van der Waals surface area contributed by atoms with E-state index >= 15 is 0 Å². The van der Waals surface area contributed by atoms with Crippen LogP contribution >= 0.6 is 11.6 Å². The van der Waals surface area contributed by atoms with E-state index in [9.17, 15) is 0 Å². The van der Waals surface area contributed by atoms with Gasteiger partial charge in [-0.15, -0.1) is 11.6 Å². The largest absolute Gasteiger partial charge is 0.496 e. The maximum absolute atomic E-state index is 5.64. The summed E-state index contributed by atoms with van der Waals surface area (Å²) in [6.45, 7) is 2.00. The van der Waals surface area contributed by atoms with Crippen molar-refractivity contribution in [2.24, 2.45) is 0 Å². The minimum atomic E-state index is 0.511. The first-order chi connectivity index (χ1) is 8.24. The molecule has 0 amide bonds. The molecule has 0 spiro atoms. The lowest BCUT2D eigenvalue weighted by Crippen LogP contribution is -1.87. The van der Waals surface area contributed by atoms with E-state index in [2.05, 4.69) is 4.98 Å². The lowest BCUT2D eigenvalue weighted by molar-refractivity contribution is 0.411. The van der Waals surface area contributed by atoms with Gasteiger partial charge >= 0.3 is 0 Å². The minimum Gasteiger partial charge on any atom is -0.496 e. The second-order valence-electron chi connectivity index (χ2n) is 3.74. The van der Waals surface area contributed by atoms with Crippen LogP contribution in [0.5, 0.6) is 5.75 Å². The van der Waals surface area contributed by atoms with Crippen molar-refractivity contribution < 1.29 is 9.15 Å². The first-order valence-corrected chi connectivity index (χ1v) is 5.93. The molecule has 0 saturated heterocycles. The van der Waals surface area contributed by atoms with Crippen LogP contribution in [0.15, 0.2) is 28.8 Å². The van der Waals surface area contributed by atoms with Crippen molar-refractivity contribution in [1.82, 2.24) is 4.98 Å². The van der Waals surface area contributed by atoms with Crippen molar-refractivity contribution in [3.05, 3.63) is 35.9 Å². The summed E-state index contributed by atoms with van der Waals surface area (Å²) in [5, 5.41) is 0. The second-order valence-corrected chi connectivity index (χ2v) is 4.12. The van der Waals surface area contributed by atoms with E-state index in [1.165, 1.54) is 0 Å². The zero-order valence-corrected chi connectivity index (χ0v) is 10.6. The number of hydrogen-bond donors (Lipinski definition) is 0. The number of alkyl halides is 1. The van der Waals surface area contributed by atoms with E-state index in [4.69, 9.17) is 20.8 Å². The molecule has 90 valence electrons. The summed E-state index contributed by atoms with van der Waals surface area (Å²) >= 11 is 5.64. The number of methoxy groups -OCH3 is 1. The summed E-state index contributed by atoms with van der Waals surface area (Å²) in [4.78, 5) is 4.17. The molecule has 0 aliphatic heterocycles. The molecular weight excluding hydrogens is 238 g/mol. The maximum Gasteiger partial charge on any atom is 0.196 e. The number of ether oxygens (including phenoxy) is 1. The summed E-state index contributed by atoms with van der Waals surface area (Å²) in [6, 6.07) is 5.93. The molecule has 0 aliphatic carbocycles. The van der Waals surface area contributed by atoms with Crippen LogP contribution < -0.4 is 4.74 Å². The fourth-order valence-corrected chi connectivity index (χ4v) is 1.78. The van der Waals surface area contributed by atoms with Crippen molar-refractivity contribution >= 4 is 11.6 Å². The Morgan fingerprint density at radius 1 is 1.41 bits per heavy atom. The molecule has 2 rings (SSSR count). The number of halogens is 1. The Balaban J connectivity index is 2.32. The summed E-state index contributed by atoms with van der Waals surface area (Å²) in [5.41, 5.74) is 2.05. The van der Waals surface area contributed by atoms with Gasteiger partial charge in [0, 0.05) is 17.9 Å². The van der Waals surface area contributed by atoms with Gasteiger partial charge in [0.2, 0.25) is 0 Å². The van der Waals surface area contributed by atoms with Gasteiger partial charge in [-0.3, -0.25) is 0 Å². The number of nitrogens with zero attached hydrogens (tertiary/aromatic N) is 1. The van der Waals surface area contributed by atoms with Crippen LogP contribution in [0.4, 0.5) is 0 Å². The highest BCUT2D eigenvalue weighted by Crippen LogP contribution is 2.27. The van der Waals surface area contributed by atoms with Crippen molar-refractivity contribution in [2.45, 2.75) is 13.3 Å². The fraction of sp³-hybridized carbons (Fsp3) is 0.308. The lowest BCUT2D eigenvalue weighted by Gasteiger charge is -2.05. The monoisotopic (exact) mass is 251 g/mol. The van der Waals surface area contributed by atoms with E-state index in [-0.39, 0.29) is 0 Å². The third-order valence-electron chi connectivity index (χ3n) is 2.55. The summed E-state index contributed by atoms with van der Waals surface area (Å²) in [7, 11) is 1.66. The third kappa shape index (κ3) is 2.61. The van der Waals surface area contributed by atoms with Crippen LogP contribution in [0.3, 0.4) is 0 Å². The normalized spacial score (nSPS) is 10.5. The number of aryl methyl sites for hydroxylation is 2. The second kappa shape index (κ2) is 5.23. The molecule has 0 saturated carbocycles. The number of oxazole rings is 1. The molecule has 1 heterocycles. The minimum absolute atomic E-state index is 0.511. The Morgan fingerprint density at radius 3 is 2.94 bits per heavy atom. The highest BCUT2D eigenvalue weighted by atomic mass is 35.5. The molecule has 1 aromatic heterocycles. The third-order valence-corrected chi connectivity index (χ3v) is 2.74.